The summed E-state index contributed by atoms with van der Waals surface area (Å²) in [4.78, 5) is 17.0. The molecule has 4 heteroatoms. The lowest BCUT2D eigenvalue weighted by Gasteiger charge is -2.22. The number of amides is 1. The molecule has 24 heavy (non-hydrogen) atoms. The second-order valence-corrected chi connectivity index (χ2v) is 7.19. The van der Waals surface area contributed by atoms with E-state index in [9.17, 15) is 4.79 Å². The Morgan fingerprint density at radius 2 is 1.67 bits per heavy atom. The third kappa shape index (κ3) is 3.71. The summed E-state index contributed by atoms with van der Waals surface area (Å²) >= 11 is 1.64. The van der Waals surface area contributed by atoms with Crippen LogP contribution >= 0.6 is 11.3 Å². The number of nitrogens with zero attached hydrogens (tertiary/aromatic N) is 1. The second kappa shape index (κ2) is 6.97. The summed E-state index contributed by atoms with van der Waals surface area (Å²) in [5, 5.41) is 6.11. The fraction of sp³-hybridized carbons (Fsp3) is 0.200. The molecule has 0 saturated heterocycles. The number of carbonyl (C=O) groups is 1. The summed E-state index contributed by atoms with van der Waals surface area (Å²) in [6, 6.07) is 19.4. The number of nitrogens with one attached hydrogen (secondary N) is 1. The first-order chi connectivity index (χ1) is 11.6. The van der Waals surface area contributed by atoms with Crippen LogP contribution in [0.5, 0.6) is 0 Å². The number of thiazole rings is 1. The third-order valence-corrected chi connectivity index (χ3v) is 5.09. The van der Waals surface area contributed by atoms with Crippen molar-refractivity contribution in [3.8, 4) is 11.3 Å². The normalized spacial score (nSPS) is 11.2. The zero-order valence-electron chi connectivity index (χ0n) is 13.8. The van der Waals surface area contributed by atoms with Crippen molar-refractivity contribution < 1.29 is 4.79 Å². The van der Waals surface area contributed by atoms with Gasteiger partial charge >= 0.3 is 0 Å². The molecule has 0 spiro atoms. The molecule has 3 aromatic rings. The van der Waals surface area contributed by atoms with Gasteiger partial charge in [-0.1, -0.05) is 62.4 Å². The number of benzene rings is 2. The highest BCUT2D eigenvalue weighted by molar-refractivity contribution is 7.10. The Bertz CT molecular complexity index is 810. The minimum atomic E-state index is -0.220. The van der Waals surface area contributed by atoms with Crippen LogP contribution in [0.1, 0.15) is 29.2 Å². The lowest BCUT2D eigenvalue weighted by Crippen LogP contribution is -2.36. The van der Waals surface area contributed by atoms with Gasteiger partial charge < -0.3 is 5.32 Å². The maximum atomic E-state index is 12.2. The molecule has 0 fully saturated rings. The summed E-state index contributed by atoms with van der Waals surface area (Å²) in [6.07, 6.45) is 0. The lowest BCUT2D eigenvalue weighted by molar-refractivity contribution is 0.0945. The Hall–Kier alpha value is -2.46. The maximum Gasteiger partial charge on any atom is 0.251 e. The predicted molar refractivity (Wildman–Crippen MR) is 99.4 cm³/mol. The molecule has 122 valence electrons. The van der Waals surface area contributed by atoms with E-state index in [-0.39, 0.29) is 11.3 Å². The van der Waals surface area contributed by atoms with Crippen molar-refractivity contribution in [1.82, 2.24) is 10.3 Å². The van der Waals surface area contributed by atoms with Crippen LogP contribution in [0.4, 0.5) is 0 Å². The van der Waals surface area contributed by atoms with Gasteiger partial charge in [-0.3, -0.25) is 4.79 Å². The van der Waals surface area contributed by atoms with Crippen LogP contribution in [-0.2, 0) is 5.41 Å². The van der Waals surface area contributed by atoms with E-state index in [0.717, 1.165) is 16.3 Å². The molecule has 1 aromatic heterocycles. The summed E-state index contributed by atoms with van der Waals surface area (Å²) in [5.74, 6) is -0.0523. The molecular weight excluding hydrogens is 316 g/mol. The zero-order chi connectivity index (χ0) is 17.0. The van der Waals surface area contributed by atoms with Crippen molar-refractivity contribution in [2.45, 2.75) is 19.3 Å². The van der Waals surface area contributed by atoms with Crippen LogP contribution in [0.2, 0.25) is 0 Å². The van der Waals surface area contributed by atoms with Crippen LogP contribution in [0.3, 0.4) is 0 Å². The van der Waals surface area contributed by atoms with Crippen molar-refractivity contribution in [1.29, 1.82) is 0 Å². The number of hydrogen-bond donors (Lipinski definition) is 1. The summed E-state index contributed by atoms with van der Waals surface area (Å²) < 4.78 is 0. The molecule has 3 rings (SSSR count). The van der Waals surface area contributed by atoms with Crippen molar-refractivity contribution in [3.05, 3.63) is 76.6 Å². The number of carbonyl (C=O) groups excluding carboxylic acids is 1. The summed E-state index contributed by atoms with van der Waals surface area (Å²) in [7, 11) is 0. The molecule has 1 heterocycles. The second-order valence-electron chi connectivity index (χ2n) is 6.34. The lowest BCUT2D eigenvalue weighted by atomic mass is 9.94. The molecule has 1 amide bonds. The van der Waals surface area contributed by atoms with Gasteiger partial charge in [-0.2, -0.15) is 0 Å². The van der Waals surface area contributed by atoms with E-state index in [1.165, 1.54) is 0 Å². The van der Waals surface area contributed by atoms with E-state index in [1.807, 2.05) is 48.5 Å². The maximum absolute atomic E-state index is 12.2. The summed E-state index contributed by atoms with van der Waals surface area (Å²) in [6.45, 7) is 4.75. The minimum Gasteiger partial charge on any atom is -0.351 e. The average Bonchev–Trinajstić information content (AvgIpc) is 3.12. The standard InChI is InChI=1S/C20H20N2OS/c1-20(2,14-21-18(23)16-11-7-4-8-12-16)19-22-17(13-24-19)15-9-5-3-6-10-15/h3-13H,14H2,1-2H3,(H,21,23). The van der Waals surface area contributed by atoms with Crippen LogP contribution in [0, 0.1) is 0 Å². The monoisotopic (exact) mass is 336 g/mol. The molecule has 3 nitrogen and oxygen atoms in total. The highest BCUT2D eigenvalue weighted by Crippen LogP contribution is 2.30. The third-order valence-electron chi connectivity index (χ3n) is 3.88. The van der Waals surface area contributed by atoms with E-state index in [2.05, 4.69) is 36.7 Å². The van der Waals surface area contributed by atoms with Crippen molar-refractivity contribution in [2.24, 2.45) is 0 Å². The molecule has 0 atom stereocenters. The number of hydrogen-bond acceptors (Lipinski definition) is 3. The smallest absolute Gasteiger partial charge is 0.251 e. The minimum absolute atomic E-state index is 0.0523. The van der Waals surface area contributed by atoms with Crippen LogP contribution in [-0.4, -0.2) is 17.4 Å². The molecule has 0 saturated carbocycles. The molecule has 0 aliphatic rings. The van der Waals surface area contributed by atoms with Crippen LogP contribution in [0.25, 0.3) is 11.3 Å². The van der Waals surface area contributed by atoms with Gasteiger partial charge in [0, 0.05) is 28.5 Å². The highest BCUT2D eigenvalue weighted by atomic mass is 32.1. The van der Waals surface area contributed by atoms with E-state index in [4.69, 9.17) is 4.98 Å². The number of rotatable bonds is 5. The Kier molecular flexibility index (Phi) is 4.76. The molecule has 0 aliphatic heterocycles. The molecule has 0 bridgehead atoms. The molecule has 0 radical (unpaired) electrons. The molecule has 0 aliphatic carbocycles. The van der Waals surface area contributed by atoms with Crippen molar-refractivity contribution in [2.75, 3.05) is 6.54 Å². The Morgan fingerprint density at radius 1 is 1.04 bits per heavy atom. The zero-order valence-corrected chi connectivity index (χ0v) is 14.6. The predicted octanol–water partition coefficient (Wildman–Crippen LogP) is 4.52. The van der Waals surface area contributed by atoms with Gasteiger partial charge in [-0.15, -0.1) is 11.3 Å². The molecule has 2 aromatic carbocycles. The first kappa shape index (κ1) is 16.4. The van der Waals surface area contributed by atoms with E-state index < -0.39 is 0 Å². The van der Waals surface area contributed by atoms with Gasteiger partial charge in [-0.05, 0) is 12.1 Å². The van der Waals surface area contributed by atoms with Crippen LogP contribution < -0.4 is 5.32 Å². The molecule has 1 N–H and O–H groups in total. The fourth-order valence-electron chi connectivity index (χ4n) is 2.39. The van der Waals surface area contributed by atoms with Gasteiger partial charge in [0.05, 0.1) is 5.69 Å². The largest absolute Gasteiger partial charge is 0.351 e. The Labute approximate surface area is 146 Å². The Balaban J connectivity index is 1.69. The Morgan fingerprint density at radius 3 is 2.33 bits per heavy atom. The SMILES string of the molecule is CC(C)(CNC(=O)c1ccccc1)c1nc(-c2ccccc2)cs1. The van der Waals surface area contributed by atoms with Gasteiger partial charge in [0.25, 0.3) is 5.91 Å². The van der Waals surface area contributed by atoms with Gasteiger partial charge in [0.1, 0.15) is 5.01 Å². The molecular formula is C20H20N2OS. The first-order valence-corrected chi connectivity index (χ1v) is 8.79. The average molecular weight is 336 g/mol. The molecule has 0 unspecified atom stereocenters. The highest BCUT2D eigenvalue weighted by Gasteiger charge is 2.25. The van der Waals surface area contributed by atoms with Crippen molar-refractivity contribution in [3.63, 3.8) is 0 Å². The van der Waals surface area contributed by atoms with Gasteiger partial charge in [0.2, 0.25) is 0 Å². The summed E-state index contributed by atoms with van der Waals surface area (Å²) in [5.41, 5.74) is 2.56. The topological polar surface area (TPSA) is 42.0 Å². The first-order valence-electron chi connectivity index (χ1n) is 7.91. The van der Waals surface area contributed by atoms with E-state index in [0.29, 0.717) is 12.1 Å². The number of aromatic nitrogens is 1. The van der Waals surface area contributed by atoms with E-state index in [1.54, 1.807) is 11.3 Å². The van der Waals surface area contributed by atoms with Gasteiger partial charge in [-0.25, -0.2) is 4.98 Å². The van der Waals surface area contributed by atoms with Crippen LogP contribution in [0.15, 0.2) is 66.0 Å². The fourth-order valence-corrected chi connectivity index (χ4v) is 3.35. The van der Waals surface area contributed by atoms with E-state index >= 15 is 0 Å². The van der Waals surface area contributed by atoms with Crippen molar-refractivity contribution >= 4 is 17.2 Å². The quantitative estimate of drug-likeness (QED) is 0.744. The van der Waals surface area contributed by atoms with Gasteiger partial charge in [0.15, 0.2) is 0 Å².